The standard InChI is InChI=1S/C15H29N5O/c1-9(2)12(10(3)4)8-17-14-18-13(16-7)19-15(20-14)21-11(5)6/h9-12H,8H2,1-7H3,(H2,16,17,18,19,20). The average molecular weight is 295 g/mol. The first-order valence-corrected chi connectivity index (χ1v) is 7.67. The smallest absolute Gasteiger partial charge is 0.323 e. The van der Waals surface area contributed by atoms with Crippen LogP contribution in [-0.2, 0) is 0 Å². The SMILES string of the molecule is CNc1nc(NCC(C(C)C)C(C)C)nc(OC(C)C)n1. The lowest BCUT2D eigenvalue weighted by molar-refractivity contribution is 0.222. The molecule has 0 unspecified atom stereocenters. The summed E-state index contributed by atoms with van der Waals surface area (Å²) in [5.41, 5.74) is 0. The summed E-state index contributed by atoms with van der Waals surface area (Å²) in [7, 11) is 1.78. The van der Waals surface area contributed by atoms with Crippen molar-refractivity contribution in [1.29, 1.82) is 0 Å². The highest BCUT2D eigenvalue weighted by molar-refractivity contribution is 5.35. The Labute approximate surface area is 128 Å². The Morgan fingerprint density at radius 3 is 1.95 bits per heavy atom. The Morgan fingerprint density at radius 2 is 1.48 bits per heavy atom. The van der Waals surface area contributed by atoms with Gasteiger partial charge in [0.1, 0.15) is 0 Å². The predicted molar refractivity (Wildman–Crippen MR) is 86.8 cm³/mol. The second-order valence-corrected chi connectivity index (χ2v) is 6.21. The summed E-state index contributed by atoms with van der Waals surface area (Å²) in [6.45, 7) is 13.7. The van der Waals surface area contributed by atoms with Crippen molar-refractivity contribution in [3.8, 4) is 6.01 Å². The lowest BCUT2D eigenvalue weighted by atomic mass is 9.85. The molecule has 0 atom stereocenters. The van der Waals surface area contributed by atoms with Gasteiger partial charge in [0.15, 0.2) is 0 Å². The summed E-state index contributed by atoms with van der Waals surface area (Å²) in [5, 5.41) is 6.25. The van der Waals surface area contributed by atoms with Gasteiger partial charge in [0.25, 0.3) is 0 Å². The third kappa shape index (κ3) is 5.73. The van der Waals surface area contributed by atoms with Crippen molar-refractivity contribution < 1.29 is 4.74 Å². The van der Waals surface area contributed by atoms with Gasteiger partial charge in [0, 0.05) is 13.6 Å². The summed E-state index contributed by atoms with van der Waals surface area (Å²) >= 11 is 0. The van der Waals surface area contributed by atoms with Crippen molar-refractivity contribution in [3.63, 3.8) is 0 Å². The van der Waals surface area contributed by atoms with Crippen molar-refractivity contribution in [3.05, 3.63) is 0 Å². The third-order valence-electron chi connectivity index (χ3n) is 3.39. The van der Waals surface area contributed by atoms with Crippen LogP contribution in [0.1, 0.15) is 41.5 Å². The van der Waals surface area contributed by atoms with E-state index in [1.807, 2.05) is 13.8 Å². The fraction of sp³-hybridized carbons (Fsp3) is 0.800. The Hall–Kier alpha value is -1.59. The lowest BCUT2D eigenvalue weighted by Gasteiger charge is -2.25. The molecule has 1 heterocycles. The van der Waals surface area contributed by atoms with Gasteiger partial charge in [0.05, 0.1) is 6.10 Å². The summed E-state index contributed by atoms with van der Waals surface area (Å²) in [4.78, 5) is 12.8. The largest absolute Gasteiger partial charge is 0.461 e. The van der Waals surface area contributed by atoms with Crippen LogP contribution in [0.4, 0.5) is 11.9 Å². The van der Waals surface area contributed by atoms with E-state index in [-0.39, 0.29) is 6.10 Å². The van der Waals surface area contributed by atoms with Gasteiger partial charge in [-0.1, -0.05) is 27.7 Å². The molecule has 0 fully saturated rings. The highest BCUT2D eigenvalue weighted by atomic mass is 16.5. The van der Waals surface area contributed by atoms with Gasteiger partial charge >= 0.3 is 6.01 Å². The Kier molecular flexibility index (Phi) is 6.65. The molecule has 2 N–H and O–H groups in total. The molecule has 0 bridgehead atoms. The molecule has 6 nitrogen and oxygen atoms in total. The van der Waals surface area contributed by atoms with E-state index in [1.54, 1.807) is 7.05 Å². The molecule has 0 aliphatic heterocycles. The van der Waals surface area contributed by atoms with Gasteiger partial charge in [-0.05, 0) is 31.6 Å². The number of hydrogen-bond acceptors (Lipinski definition) is 6. The second kappa shape index (κ2) is 8.00. The van der Waals surface area contributed by atoms with E-state index in [0.717, 1.165) is 6.54 Å². The Bertz CT molecular complexity index is 426. The minimum atomic E-state index is 0.0315. The maximum absolute atomic E-state index is 5.56. The number of nitrogens with one attached hydrogen (secondary N) is 2. The second-order valence-electron chi connectivity index (χ2n) is 6.21. The van der Waals surface area contributed by atoms with Gasteiger partial charge in [-0.2, -0.15) is 15.0 Å². The molecule has 0 saturated heterocycles. The topological polar surface area (TPSA) is 72.0 Å². The van der Waals surface area contributed by atoms with Crippen molar-refractivity contribution in [2.24, 2.45) is 17.8 Å². The number of hydrogen-bond donors (Lipinski definition) is 2. The van der Waals surface area contributed by atoms with Crippen molar-refractivity contribution in [2.75, 3.05) is 24.2 Å². The number of rotatable bonds is 8. The van der Waals surface area contributed by atoms with Gasteiger partial charge in [0.2, 0.25) is 11.9 Å². The third-order valence-corrected chi connectivity index (χ3v) is 3.39. The molecule has 0 saturated carbocycles. The first-order valence-electron chi connectivity index (χ1n) is 7.67. The van der Waals surface area contributed by atoms with E-state index in [4.69, 9.17) is 4.74 Å². The Morgan fingerprint density at radius 1 is 0.905 bits per heavy atom. The molecule has 0 amide bonds. The molecular formula is C15H29N5O. The van der Waals surface area contributed by atoms with Crippen molar-refractivity contribution >= 4 is 11.9 Å². The molecule has 6 heteroatoms. The average Bonchev–Trinajstić information content (AvgIpc) is 2.36. The minimum absolute atomic E-state index is 0.0315. The zero-order chi connectivity index (χ0) is 16.0. The van der Waals surface area contributed by atoms with Crippen LogP contribution in [0, 0.1) is 17.8 Å². The molecule has 0 radical (unpaired) electrons. The van der Waals surface area contributed by atoms with Gasteiger partial charge < -0.3 is 15.4 Å². The fourth-order valence-corrected chi connectivity index (χ4v) is 2.26. The van der Waals surface area contributed by atoms with Crippen molar-refractivity contribution in [1.82, 2.24) is 15.0 Å². The van der Waals surface area contributed by atoms with E-state index in [0.29, 0.717) is 35.7 Å². The minimum Gasteiger partial charge on any atom is -0.461 e. The van der Waals surface area contributed by atoms with Crippen LogP contribution >= 0.6 is 0 Å². The molecule has 0 spiro atoms. The molecule has 0 aromatic carbocycles. The van der Waals surface area contributed by atoms with Gasteiger partial charge in [-0.3, -0.25) is 0 Å². The quantitative estimate of drug-likeness (QED) is 0.768. The van der Waals surface area contributed by atoms with E-state index < -0.39 is 0 Å². The molecule has 0 aliphatic rings. The van der Waals surface area contributed by atoms with Crippen molar-refractivity contribution in [2.45, 2.75) is 47.6 Å². The summed E-state index contributed by atoms with van der Waals surface area (Å²) < 4.78 is 5.56. The highest BCUT2D eigenvalue weighted by Gasteiger charge is 2.18. The van der Waals surface area contributed by atoms with Crippen LogP contribution in [0.15, 0.2) is 0 Å². The molecule has 21 heavy (non-hydrogen) atoms. The zero-order valence-corrected chi connectivity index (χ0v) is 14.3. The molecule has 0 aliphatic carbocycles. The summed E-state index contributed by atoms with van der Waals surface area (Å²) in [6.07, 6.45) is 0.0315. The van der Waals surface area contributed by atoms with Crippen LogP contribution < -0.4 is 15.4 Å². The van der Waals surface area contributed by atoms with E-state index in [2.05, 4.69) is 53.3 Å². The van der Waals surface area contributed by atoms with Crippen LogP contribution in [0.5, 0.6) is 6.01 Å². The van der Waals surface area contributed by atoms with Crippen LogP contribution in [0.3, 0.4) is 0 Å². The molecule has 1 rings (SSSR count). The van der Waals surface area contributed by atoms with Gasteiger partial charge in [-0.15, -0.1) is 0 Å². The molecule has 1 aromatic heterocycles. The maximum Gasteiger partial charge on any atom is 0.323 e. The van der Waals surface area contributed by atoms with Crippen LogP contribution in [0.25, 0.3) is 0 Å². The predicted octanol–water partition coefficient (Wildman–Crippen LogP) is 3.04. The van der Waals surface area contributed by atoms with Gasteiger partial charge in [-0.25, -0.2) is 0 Å². The number of aromatic nitrogens is 3. The van der Waals surface area contributed by atoms with Crippen LogP contribution in [-0.4, -0.2) is 34.6 Å². The van der Waals surface area contributed by atoms with Crippen LogP contribution in [0.2, 0.25) is 0 Å². The van der Waals surface area contributed by atoms with E-state index >= 15 is 0 Å². The fourth-order valence-electron chi connectivity index (χ4n) is 2.26. The number of ether oxygens (including phenoxy) is 1. The molecule has 1 aromatic rings. The van der Waals surface area contributed by atoms with E-state index in [9.17, 15) is 0 Å². The zero-order valence-electron chi connectivity index (χ0n) is 14.3. The first-order chi connectivity index (χ1) is 9.83. The Balaban J connectivity index is 2.81. The summed E-state index contributed by atoms with van der Waals surface area (Å²) in [6, 6.07) is 0.345. The highest BCUT2D eigenvalue weighted by Crippen LogP contribution is 2.21. The number of nitrogens with zero attached hydrogens (tertiary/aromatic N) is 3. The molecule has 120 valence electrons. The monoisotopic (exact) mass is 295 g/mol. The molecular weight excluding hydrogens is 266 g/mol. The number of anilines is 2. The van der Waals surface area contributed by atoms with E-state index in [1.165, 1.54) is 0 Å². The normalized spacial score (nSPS) is 11.6. The maximum atomic E-state index is 5.56. The first kappa shape index (κ1) is 17.5. The lowest BCUT2D eigenvalue weighted by Crippen LogP contribution is -2.25. The summed E-state index contributed by atoms with van der Waals surface area (Å²) in [5.74, 6) is 2.84.